The van der Waals surface area contributed by atoms with Crippen molar-refractivity contribution in [1.82, 2.24) is 54.8 Å². The van der Waals surface area contributed by atoms with E-state index >= 15 is 0 Å². The summed E-state index contributed by atoms with van der Waals surface area (Å²) in [5, 5.41) is 8.24. The zero-order valence-electron chi connectivity index (χ0n) is 75.5. The molecule has 0 radical (unpaired) electrons. The zero-order valence-corrected chi connectivity index (χ0v) is 78.5. The standard InChI is InChI=1S/C118H97N11Si3/c1-74(57-91-110(77-37-19-10-20-38-77)124-116(83-49-31-16-32-50-83)125-111(91)78-39-21-11-22-40-78)99-64-105-94(69-119-99)90-56-55-86(63-104(90)130(105,4)5)87-60-88(102-67-108-97(72-122-102)95-70-120-100(65-106(95)131(108,6)7)75(2)58-92-112(79-41-23-12-24-42-79)126-117(84-51-33-17-34-52-84)127-113(92)80-43-25-13-26-44-80)62-89(61-87)103-68-109-98(73-123-103)96-71-121-101(66-107(96)132(109,8)9)76(3)59-93-114(81-45-27-14-28-46-81)128-118(85-53-35-18-36-54-85)129-115(93)82-47-29-15-30-48-82/h10-56,60-76H,57-59H2,1-9H3. The molecule has 636 valence electrons. The van der Waals surface area contributed by atoms with Crippen LogP contribution >= 0.6 is 0 Å². The molecular formula is C118H97N11Si3. The fourth-order valence-electron chi connectivity index (χ4n) is 20.5. The molecule has 11 nitrogen and oxygen atoms in total. The summed E-state index contributed by atoms with van der Waals surface area (Å²) in [6.45, 7) is 22.0. The molecule has 22 rings (SSSR count). The van der Waals surface area contributed by atoms with Crippen molar-refractivity contribution in [2.24, 2.45) is 0 Å². The van der Waals surface area contributed by atoms with Crippen molar-refractivity contribution in [3.8, 4) is 169 Å². The predicted octanol–water partition coefficient (Wildman–Crippen LogP) is 24.5. The smallest absolute Gasteiger partial charge is 0.160 e. The molecule has 3 unspecified atom stereocenters. The third-order valence-corrected chi connectivity index (χ3v) is 38.4. The van der Waals surface area contributed by atoms with E-state index in [1.807, 2.05) is 18.2 Å². The highest BCUT2D eigenvalue weighted by Gasteiger charge is 2.43. The molecule has 0 amide bonds. The first kappa shape index (κ1) is 82.7. The Hall–Kier alpha value is -14.9. The van der Waals surface area contributed by atoms with Crippen LogP contribution in [-0.4, -0.2) is 79.0 Å². The van der Waals surface area contributed by atoms with Crippen LogP contribution in [0.15, 0.2) is 371 Å². The van der Waals surface area contributed by atoms with E-state index in [1.54, 1.807) is 0 Å². The van der Waals surface area contributed by atoms with Gasteiger partial charge in [0, 0.05) is 166 Å². The molecule has 0 saturated carbocycles. The summed E-state index contributed by atoms with van der Waals surface area (Å²) < 4.78 is 0. The molecule has 19 aromatic rings. The molecule has 3 atom stereocenters. The van der Waals surface area contributed by atoms with Crippen LogP contribution in [0.5, 0.6) is 0 Å². The van der Waals surface area contributed by atoms with Gasteiger partial charge in [-0.1, -0.05) is 351 Å². The molecule has 0 saturated heterocycles. The van der Waals surface area contributed by atoms with Gasteiger partial charge in [0.05, 0.1) is 45.6 Å². The zero-order chi connectivity index (χ0) is 89.5. The van der Waals surface area contributed by atoms with Gasteiger partial charge >= 0.3 is 0 Å². The topological polar surface area (TPSA) is 142 Å². The second-order valence-corrected chi connectivity index (χ2v) is 50.4. The molecular weight excluding hydrogens is 1660 g/mol. The Labute approximate surface area is 774 Å². The maximum Gasteiger partial charge on any atom is 0.160 e. The van der Waals surface area contributed by atoms with Gasteiger partial charge in [-0.15, -0.1) is 0 Å². The number of aromatic nitrogens is 11. The van der Waals surface area contributed by atoms with Crippen LogP contribution in [0.1, 0.15) is 72.3 Å². The summed E-state index contributed by atoms with van der Waals surface area (Å²) >= 11 is 0. The van der Waals surface area contributed by atoms with E-state index in [0.29, 0.717) is 36.7 Å². The predicted molar refractivity (Wildman–Crippen MR) is 550 cm³/mol. The van der Waals surface area contributed by atoms with E-state index in [4.69, 9.17) is 54.8 Å². The highest BCUT2D eigenvalue weighted by Crippen LogP contribution is 2.45. The van der Waals surface area contributed by atoms with Crippen LogP contribution in [0, 0.1) is 0 Å². The van der Waals surface area contributed by atoms with E-state index in [2.05, 4.69) is 413 Å². The van der Waals surface area contributed by atoms with Gasteiger partial charge in [0.1, 0.15) is 24.2 Å². The van der Waals surface area contributed by atoms with Gasteiger partial charge in [0.2, 0.25) is 0 Å². The Morgan fingerprint density at radius 3 is 0.682 bits per heavy atom. The van der Waals surface area contributed by atoms with Crippen LogP contribution in [0.2, 0.25) is 39.3 Å². The highest BCUT2D eigenvalue weighted by atomic mass is 28.3. The number of hydrogen-bond donors (Lipinski definition) is 0. The fraction of sp³-hybridized carbons (Fsp3) is 0.127. The van der Waals surface area contributed by atoms with E-state index in [-0.39, 0.29) is 17.8 Å². The first-order chi connectivity index (χ1) is 64.4. The number of nitrogens with zero attached hydrogens (tertiary/aromatic N) is 11. The molecule has 3 aliphatic heterocycles. The van der Waals surface area contributed by atoms with E-state index in [0.717, 1.165) is 163 Å². The molecule has 8 aromatic heterocycles. The Balaban J connectivity index is 0.619. The van der Waals surface area contributed by atoms with E-state index < -0.39 is 24.2 Å². The molecule has 14 heteroatoms. The Morgan fingerprint density at radius 2 is 0.417 bits per heavy atom. The summed E-state index contributed by atoms with van der Waals surface area (Å²) in [6.07, 6.45) is 12.8. The minimum Gasteiger partial charge on any atom is -0.260 e. The normalized spacial score (nSPS) is 14.0. The first-order valence-corrected chi connectivity index (χ1v) is 55.0. The molecule has 0 spiro atoms. The van der Waals surface area contributed by atoms with Gasteiger partial charge in [-0.2, -0.15) is 0 Å². The van der Waals surface area contributed by atoms with Crippen LogP contribution in [-0.2, 0) is 19.3 Å². The third-order valence-electron chi connectivity index (χ3n) is 27.8. The second-order valence-electron chi connectivity index (χ2n) is 37.4. The lowest BCUT2D eigenvalue weighted by molar-refractivity contribution is 0.729. The minimum absolute atomic E-state index is 0.0146. The second kappa shape index (κ2) is 33.8. The van der Waals surface area contributed by atoms with Gasteiger partial charge in [0.25, 0.3) is 0 Å². The summed E-state index contributed by atoms with van der Waals surface area (Å²) in [7, 11) is -7.31. The van der Waals surface area contributed by atoms with Crippen molar-refractivity contribution in [2.45, 2.75) is 97.1 Å². The Kier molecular flexibility index (Phi) is 21.2. The summed E-state index contributed by atoms with van der Waals surface area (Å²) in [6, 6.07) is 121. The van der Waals surface area contributed by atoms with Gasteiger partial charge in [0.15, 0.2) is 17.5 Å². The molecule has 0 fully saturated rings. The maximum absolute atomic E-state index is 5.55. The van der Waals surface area contributed by atoms with Gasteiger partial charge in [-0.25, -0.2) is 29.9 Å². The first-order valence-electron chi connectivity index (χ1n) is 46.0. The molecule has 0 bridgehead atoms. The van der Waals surface area contributed by atoms with Crippen molar-refractivity contribution in [3.63, 3.8) is 0 Å². The van der Waals surface area contributed by atoms with Gasteiger partial charge in [-0.05, 0) is 121 Å². The minimum atomic E-state index is -2.45. The van der Waals surface area contributed by atoms with E-state index in [1.165, 1.54) is 53.4 Å². The molecule has 132 heavy (non-hydrogen) atoms. The number of fused-ring (bicyclic) bond motifs is 9. The van der Waals surface area contributed by atoms with Crippen molar-refractivity contribution >= 4 is 55.3 Å². The average Bonchev–Trinajstić information content (AvgIpc) is 1.58. The number of rotatable bonds is 21. The SMILES string of the molecule is CC(Cc1c(-c2ccccc2)nc(-c2ccccc2)nc1-c1ccccc1)c1cc2c(cn1)-c1ccc(-c3cc(-c4cc5c(cn4)-c4cnc(C(C)Cc6c(-c7ccccc7)nc(-c7ccccc7)nc6-c6ccccc6)cc4[Si]5(C)C)cc(-c4cc5c(cn4)-c4cnc(C(C)Cc6c(-c7ccccc7)nc(-c7ccccc7)nc6-c6ccccc6)cc4[Si]5(C)C)c3)cc1[Si]2(C)C. The third kappa shape index (κ3) is 15.1. The lowest BCUT2D eigenvalue weighted by atomic mass is 9.90. The highest BCUT2D eigenvalue weighted by molar-refractivity contribution is 7.05. The number of hydrogen-bond acceptors (Lipinski definition) is 11. The van der Waals surface area contributed by atoms with Crippen LogP contribution in [0.4, 0.5) is 0 Å². The molecule has 3 aliphatic rings. The Morgan fingerprint density at radius 1 is 0.197 bits per heavy atom. The maximum atomic E-state index is 5.55. The fourth-order valence-corrected chi connectivity index (χ4v) is 29.7. The molecule has 0 N–H and O–H groups in total. The van der Waals surface area contributed by atoms with Crippen LogP contribution in [0.25, 0.3) is 169 Å². The summed E-state index contributed by atoms with van der Waals surface area (Å²) in [5.41, 5.74) is 34.7. The molecule has 11 heterocycles. The largest absolute Gasteiger partial charge is 0.260 e. The Bertz CT molecular complexity index is 6750. The average molecular weight is 1750 g/mol. The van der Waals surface area contributed by atoms with Gasteiger partial charge in [-0.3, -0.25) is 24.9 Å². The molecule has 0 aliphatic carbocycles. The summed E-state index contributed by atoms with van der Waals surface area (Å²) in [4.78, 5) is 59.9. The quantitative estimate of drug-likeness (QED) is 0.0635. The van der Waals surface area contributed by atoms with Crippen LogP contribution in [0.3, 0.4) is 0 Å². The van der Waals surface area contributed by atoms with Gasteiger partial charge < -0.3 is 0 Å². The van der Waals surface area contributed by atoms with E-state index in [9.17, 15) is 0 Å². The summed E-state index contributed by atoms with van der Waals surface area (Å²) in [5.74, 6) is 2.16. The lowest BCUT2D eigenvalue weighted by Crippen LogP contribution is -2.49. The van der Waals surface area contributed by atoms with Crippen molar-refractivity contribution in [3.05, 3.63) is 404 Å². The van der Waals surface area contributed by atoms with Crippen LogP contribution < -0.4 is 31.1 Å². The van der Waals surface area contributed by atoms with Crippen molar-refractivity contribution < 1.29 is 0 Å². The van der Waals surface area contributed by atoms with Crippen molar-refractivity contribution in [1.29, 1.82) is 0 Å². The number of benzene rings is 11. The number of pyridine rings is 5. The molecule has 11 aromatic carbocycles. The lowest BCUT2D eigenvalue weighted by Gasteiger charge is -2.22. The monoisotopic (exact) mass is 1750 g/mol. The van der Waals surface area contributed by atoms with Crippen molar-refractivity contribution in [2.75, 3.05) is 0 Å².